The monoisotopic (exact) mass is 517 g/mol. The maximum atomic E-state index is 16.0. The van der Waals surface area contributed by atoms with Crippen LogP contribution in [0, 0.1) is 12.7 Å². The quantitative estimate of drug-likeness (QED) is 0.511. The molecule has 4 heterocycles. The number of halogens is 1. The third kappa shape index (κ3) is 5.07. The number of morpholine rings is 1. The fraction of sp³-hybridized carbons (Fsp3) is 0.448. The number of benzene rings is 2. The molecule has 3 aromatic rings. The van der Waals surface area contributed by atoms with Crippen molar-refractivity contribution in [1.29, 1.82) is 0 Å². The van der Waals surface area contributed by atoms with E-state index in [9.17, 15) is 0 Å². The van der Waals surface area contributed by atoms with Crippen molar-refractivity contribution >= 4 is 29.0 Å². The largest absolute Gasteiger partial charge is 0.378 e. The molecule has 3 aliphatic rings. The summed E-state index contributed by atoms with van der Waals surface area (Å²) in [4.78, 5) is 20.7. The number of hydrogen-bond acceptors (Lipinski definition) is 8. The van der Waals surface area contributed by atoms with Gasteiger partial charge in [-0.3, -0.25) is 0 Å². The van der Waals surface area contributed by atoms with Gasteiger partial charge in [-0.25, -0.2) is 0 Å². The van der Waals surface area contributed by atoms with Gasteiger partial charge in [0.05, 0.1) is 13.2 Å². The summed E-state index contributed by atoms with van der Waals surface area (Å²) in [5, 5.41) is 0. The van der Waals surface area contributed by atoms with Crippen LogP contribution in [-0.4, -0.2) is 88.6 Å². The fourth-order valence-electron chi connectivity index (χ4n) is 5.63. The molecule has 200 valence electrons. The average Bonchev–Trinajstić information content (AvgIpc) is 2.99. The Kier molecular flexibility index (Phi) is 7.18. The van der Waals surface area contributed by atoms with Gasteiger partial charge in [0.15, 0.2) is 11.6 Å². The minimum atomic E-state index is -0.317. The third-order valence-corrected chi connectivity index (χ3v) is 7.83. The van der Waals surface area contributed by atoms with Crippen molar-refractivity contribution in [2.45, 2.75) is 6.92 Å². The molecule has 0 radical (unpaired) electrons. The molecule has 2 aromatic carbocycles. The van der Waals surface area contributed by atoms with Crippen molar-refractivity contribution in [1.82, 2.24) is 9.97 Å². The van der Waals surface area contributed by atoms with E-state index in [1.54, 1.807) is 0 Å². The van der Waals surface area contributed by atoms with E-state index in [0.29, 0.717) is 57.0 Å². The van der Waals surface area contributed by atoms with E-state index in [0.717, 1.165) is 39.3 Å². The Bertz CT molecular complexity index is 1220. The lowest BCUT2D eigenvalue weighted by atomic mass is 10.1. The number of piperazine rings is 2. The van der Waals surface area contributed by atoms with Crippen LogP contribution in [0.5, 0.6) is 0 Å². The van der Waals surface area contributed by atoms with Crippen LogP contribution >= 0.6 is 0 Å². The molecule has 38 heavy (non-hydrogen) atoms. The first-order valence-corrected chi connectivity index (χ1v) is 13.7. The molecule has 1 aromatic heterocycles. The zero-order chi connectivity index (χ0) is 25.9. The number of para-hydroxylation sites is 2. The van der Waals surface area contributed by atoms with Gasteiger partial charge < -0.3 is 29.2 Å². The molecule has 6 rings (SSSR count). The first-order chi connectivity index (χ1) is 18.7. The van der Waals surface area contributed by atoms with Crippen molar-refractivity contribution in [3.05, 3.63) is 66.0 Å². The van der Waals surface area contributed by atoms with Crippen LogP contribution in [-0.2, 0) is 4.74 Å². The highest BCUT2D eigenvalue weighted by atomic mass is 19.1. The molecule has 0 N–H and O–H groups in total. The van der Waals surface area contributed by atoms with Crippen LogP contribution in [0.15, 0.2) is 54.6 Å². The van der Waals surface area contributed by atoms with E-state index in [4.69, 9.17) is 14.7 Å². The van der Waals surface area contributed by atoms with Gasteiger partial charge in [0, 0.05) is 76.8 Å². The van der Waals surface area contributed by atoms with E-state index in [2.05, 4.69) is 75.1 Å². The highest BCUT2D eigenvalue weighted by Crippen LogP contribution is 2.31. The Morgan fingerprint density at radius 2 is 1.13 bits per heavy atom. The molecule has 0 saturated carbocycles. The molecule has 3 saturated heterocycles. The van der Waals surface area contributed by atoms with Crippen LogP contribution in [0.1, 0.15) is 5.56 Å². The normalized spacial score (nSPS) is 18.7. The SMILES string of the molecule is Cc1ccccc1N1CCN(c2nc(N3CCOCC3)c(F)c(N3CCN(c4ccccc4)CC3)n2)CC1. The van der Waals surface area contributed by atoms with Crippen molar-refractivity contribution < 1.29 is 9.13 Å². The van der Waals surface area contributed by atoms with Gasteiger partial charge in [0.1, 0.15) is 0 Å². The maximum absolute atomic E-state index is 16.0. The molecule has 3 aliphatic heterocycles. The van der Waals surface area contributed by atoms with E-state index in [-0.39, 0.29) is 5.82 Å². The second-order valence-corrected chi connectivity index (χ2v) is 10.2. The Labute approximate surface area is 224 Å². The summed E-state index contributed by atoms with van der Waals surface area (Å²) in [7, 11) is 0. The molecule has 0 spiro atoms. The van der Waals surface area contributed by atoms with Gasteiger partial charge in [-0.05, 0) is 30.7 Å². The fourth-order valence-corrected chi connectivity index (χ4v) is 5.63. The Hall–Kier alpha value is -3.59. The van der Waals surface area contributed by atoms with Crippen molar-refractivity contribution in [2.24, 2.45) is 0 Å². The van der Waals surface area contributed by atoms with Gasteiger partial charge in [-0.2, -0.15) is 14.4 Å². The predicted molar refractivity (Wildman–Crippen MR) is 151 cm³/mol. The second-order valence-electron chi connectivity index (χ2n) is 10.2. The predicted octanol–water partition coefficient (Wildman–Crippen LogP) is 3.41. The molecular formula is C29H36FN7O. The van der Waals surface area contributed by atoms with Crippen LogP contribution < -0.4 is 24.5 Å². The number of anilines is 5. The minimum absolute atomic E-state index is 0.317. The first kappa shape index (κ1) is 24.7. The van der Waals surface area contributed by atoms with Crippen molar-refractivity contribution in [2.75, 3.05) is 103 Å². The van der Waals surface area contributed by atoms with E-state index in [1.165, 1.54) is 16.9 Å². The lowest BCUT2D eigenvalue weighted by molar-refractivity contribution is 0.122. The summed E-state index contributed by atoms with van der Waals surface area (Å²) in [6.45, 7) is 11.0. The number of hydrogen-bond donors (Lipinski definition) is 0. The van der Waals surface area contributed by atoms with Gasteiger partial charge in [-0.15, -0.1) is 0 Å². The van der Waals surface area contributed by atoms with Gasteiger partial charge >= 0.3 is 0 Å². The molecule has 0 aliphatic carbocycles. The minimum Gasteiger partial charge on any atom is -0.378 e. The van der Waals surface area contributed by atoms with Crippen LogP contribution in [0.25, 0.3) is 0 Å². The van der Waals surface area contributed by atoms with E-state index in [1.807, 2.05) is 11.0 Å². The van der Waals surface area contributed by atoms with Crippen molar-refractivity contribution in [3.8, 4) is 0 Å². The number of aryl methyl sites for hydroxylation is 1. The second kappa shape index (κ2) is 11.0. The summed E-state index contributed by atoms with van der Waals surface area (Å²) in [5.41, 5.74) is 3.76. The Morgan fingerprint density at radius 3 is 1.79 bits per heavy atom. The zero-order valence-electron chi connectivity index (χ0n) is 22.1. The Morgan fingerprint density at radius 1 is 0.605 bits per heavy atom. The summed E-state index contributed by atoms with van der Waals surface area (Å²) < 4.78 is 21.6. The summed E-state index contributed by atoms with van der Waals surface area (Å²) in [5.74, 6) is 1.13. The number of aromatic nitrogens is 2. The smallest absolute Gasteiger partial charge is 0.229 e. The lowest BCUT2D eigenvalue weighted by Crippen LogP contribution is -2.49. The van der Waals surface area contributed by atoms with E-state index < -0.39 is 0 Å². The van der Waals surface area contributed by atoms with E-state index >= 15 is 4.39 Å². The average molecular weight is 518 g/mol. The van der Waals surface area contributed by atoms with Crippen molar-refractivity contribution in [3.63, 3.8) is 0 Å². The molecule has 0 unspecified atom stereocenters. The highest BCUT2D eigenvalue weighted by Gasteiger charge is 2.29. The third-order valence-electron chi connectivity index (χ3n) is 7.83. The highest BCUT2D eigenvalue weighted by molar-refractivity contribution is 5.60. The van der Waals surface area contributed by atoms with Crippen LogP contribution in [0.4, 0.5) is 33.3 Å². The zero-order valence-corrected chi connectivity index (χ0v) is 22.1. The summed E-state index contributed by atoms with van der Waals surface area (Å²) >= 11 is 0. The first-order valence-electron chi connectivity index (χ1n) is 13.7. The lowest BCUT2D eigenvalue weighted by Gasteiger charge is -2.39. The molecule has 0 amide bonds. The topological polar surface area (TPSA) is 51.2 Å². The Balaban J connectivity index is 1.24. The number of ether oxygens (including phenoxy) is 1. The van der Waals surface area contributed by atoms with Gasteiger partial charge in [-0.1, -0.05) is 36.4 Å². The summed E-state index contributed by atoms with van der Waals surface area (Å²) in [6, 6.07) is 18.9. The molecule has 0 bridgehead atoms. The standard InChI is InChI=1S/C29H36FN7O/c1-23-7-5-6-10-25(23)34-13-17-37(18-14-34)29-31-27(26(30)28(32-29)36-19-21-38-22-20-36)35-15-11-33(12-16-35)24-8-3-2-4-9-24/h2-10H,11-22H2,1H3. The molecule has 8 nitrogen and oxygen atoms in total. The summed E-state index contributed by atoms with van der Waals surface area (Å²) in [6.07, 6.45) is 0. The molecular weight excluding hydrogens is 481 g/mol. The van der Waals surface area contributed by atoms with Crippen LogP contribution in [0.2, 0.25) is 0 Å². The number of nitrogens with zero attached hydrogens (tertiary/aromatic N) is 7. The number of rotatable bonds is 5. The van der Waals surface area contributed by atoms with Gasteiger partial charge in [0.25, 0.3) is 0 Å². The van der Waals surface area contributed by atoms with Crippen LogP contribution in [0.3, 0.4) is 0 Å². The maximum Gasteiger partial charge on any atom is 0.229 e. The van der Waals surface area contributed by atoms with Gasteiger partial charge in [0.2, 0.25) is 11.8 Å². The molecule has 0 atom stereocenters. The molecule has 3 fully saturated rings. The molecule has 9 heteroatoms.